The highest BCUT2D eigenvalue weighted by Crippen LogP contribution is 2.37. The average molecular weight is 312 g/mol. The summed E-state index contributed by atoms with van der Waals surface area (Å²) in [7, 11) is 0. The van der Waals surface area contributed by atoms with E-state index in [9.17, 15) is 4.39 Å². The van der Waals surface area contributed by atoms with E-state index in [4.69, 9.17) is 5.26 Å². The van der Waals surface area contributed by atoms with Crippen LogP contribution in [0.1, 0.15) is 50.2 Å². The predicted molar refractivity (Wildman–Crippen MR) is 91.4 cm³/mol. The lowest BCUT2D eigenvalue weighted by Crippen LogP contribution is -2.47. The molecule has 0 N–H and O–H groups in total. The van der Waals surface area contributed by atoms with Gasteiger partial charge in [-0.1, -0.05) is 37.3 Å². The Morgan fingerprint density at radius 1 is 1.35 bits per heavy atom. The maximum absolute atomic E-state index is 14.4. The van der Waals surface area contributed by atoms with E-state index < -0.39 is 11.6 Å². The van der Waals surface area contributed by atoms with Crippen LogP contribution in [-0.4, -0.2) is 24.2 Å². The zero-order valence-electron chi connectivity index (χ0n) is 13.9. The summed E-state index contributed by atoms with van der Waals surface area (Å²) in [5.41, 5.74) is 3.56. The van der Waals surface area contributed by atoms with Crippen LogP contribution in [0.2, 0.25) is 0 Å². The lowest BCUT2D eigenvalue weighted by Gasteiger charge is -2.41. The number of nitrogens with zero attached hydrogens (tertiary/aromatic N) is 2. The third-order valence-electron chi connectivity index (χ3n) is 5.43. The first kappa shape index (κ1) is 16.2. The first-order valence-corrected chi connectivity index (χ1v) is 8.62. The predicted octanol–water partition coefficient (Wildman–Crippen LogP) is 4.72. The number of nitriles is 1. The third-order valence-corrected chi connectivity index (χ3v) is 5.43. The van der Waals surface area contributed by atoms with E-state index in [1.165, 1.54) is 36.0 Å². The molecule has 1 aromatic carbocycles. The largest absolute Gasteiger partial charge is 0.296 e. The molecular formula is C20H25FN2. The van der Waals surface area contributed by atoms with Gasteiger partial charge >= 0.3 is 0 Å². The molecule has 0 bridgehead atoms. The highest BCUT2D eigenvalue weighted by molar-refractivity contribution is 5.67. The molecule has 3 rings (SSSR count). The summed E-state index contributed by atoms with van der Waals surface area (Å²) < 4.78 is 14.4. The van der Waals surface area contributed by atoms with Gasteiger partial charge in [0.25, 0.3) is 0 Å². The highest BCUT2D eigenvalue weighted by atomic mass is 19.1. The van der Waals surface area contributed by atoms with Crippen molar-refractivity contribution in [1.29, 1.82) is 5.26 Å². The third kappa shape index (κ3) is 3.64. The van der Waals surface area contributed by atoms with Crippen molar-refractivity contribution in [2.45, 2.75) is 51.7 Å². The Morgan fingerprint density at radius 3 is 2.74 bits per heavy atom. The summed E-state index contributed by atoms with van der Waals surface area (Å²) in [5, 5.41) is 8.88. The Kier molecular flexibility index (Phi) is 4.82. The molecule has 0 saturated carbocycles. The molecule has 2 unspecified atom stereocenters. The first-order chi connectivity index (χ1) is 11.1. The Hall–Kier alpha value is -1.66. The van der Waals surface area contributed by atoms with E-state index in [0.29, 0.717) is 13.0 Å². The van der Waals surface area contributed by atoms with Crippen molar-refractivity contribution in [3.05, 3.63) is 41.5 Å². The Labute approximate surface area is 138 Å². The molecule has 3 heteroatoms. The van der Waals surface area contributed by atoms with Gasteiger partial charge in [-0.2, -0.15) is 5.26 Å². The van der Waals surface area contributed by atoms with Crippen LogP contribution in [0.25, 0.3) is 5.57 Å². The van der Waals surface area contributed by atoms with Crippen molar-refractivity contribution >= 4 is 5.57 Å². The van der Waals surface area contributed by atoms with Crippen LogP contribution in [-0.2, 0) is 6.54 Å². The molecule has 1 aliphatic carbocycles. The van der Waals surface area contributed by atoms with Gasteiger partial charge in [0.2, 0.25) is 0 Å². The van der Waals surface area contributed by atoms with Crippen LogP contribution in [0.3, 0.4) is 0 Å². The molecule has 1 aromatic rings. The maximum atomic E-state index is 14.4. The molecule has 2 nitrogen and oxygen atoms in total. The molecule has 2 atom stereocenters. The number of likely N-dealkylation sites (tertiary alicyclic amines) is 1. The number of hydrogen-bond donors (Lipinski definition) is 0. The van der Waals surface area contributed by atoms with Gasteiger partial charge in [0.05, 0.1) is 6.07 Å². The van der Waals surface area contributed by atoms with E-state index in [2.05, 4.69) is 41.3 Å². The molecule has 1 aliphatic heterocycles. The van der Waals surface area contributed by atoms with Gasteiger partial charge in [0, 0.05) is 24.9 Å². The van der Waals surface area contributed by atoms with Crippen LogP contribution in [0.5, 0.6) is 0 Å². The number of allylic oxidation sites excluding steroid dienone is 2. The van der Waals surface area contributed by atoms with Crippen LogP contribution in [0, 0.1) is 16.7 Å². The molecule has 1 heterocycles. The maximum Gasteiger partial charge on any atom is 0.119 e. The second kappa shape index (κ2) is 6.84. The topological polar surface area (TPSA) is 27.0 Å². The summed E-state index contributed by atoms with van der Waals surface area (Å²) in [6.45, 7) is 4.00. The summed E-state index contributed by atoms with van der Waals surface area (Å²) in [5.74, 6) is 0. The molecule has 0 spiro atoms. The summed E-state index contributed by atoms with van der Waals surface area (Å²) in [6.07, 6.45) is 6.14. The Morgan fingerprint density at radius 2 is 2.13 bits per heavy atom. The molecule has 1 saturated heterocycles. The minimum atomic E-state index is -0.918. The Balaban J connectivity index is 1.59. The first-order valence-electron chi connectivity index (χ1n) is 8.62. The lowest BCUT2D eigenvalue weighted by atomic mass is 9.76. The van der Waals surface area contributed by atoms with Crippen molar-refractivity contribution < 1.29 is 4.39 Å². The number of halogens is 1. The van der Waals surface area contributed by atoms with E-state index in [-0.39, 0.29) is 0 Å². The number of alkyl halides is 1. The van der Waals surface area contributed by atoms with Gasteiger partial charge in [-0.3, -0.25) is 4.90 Å². The zero-order chi connectivity index (χ0) is 16.3. The standard InChI is InChI=1S/C20H25FN2/c1-20(10-12-22)11-13-23(15-19(20)21)14-16-6-8-18(9-7-16)17-4-2-3-5-17/h4,6-9,19H,2-3,5,10-11,13-15H2,1H3. The monoisotopic (exact) mass is 312 g/mol. The van der Waals surface area contributed by atoms with Crippen LogP contribution < -0.4 is 0 Å². The minimum Gasteiger partial charge on any atom is -0.296 e. The van der Waals surface area contributed by atoms with Gasteiger partial charge in [-0.05, 0) is 48.9 Å². The van der Waals surface area contributed by atoms with Crippen LogP contribution in [0.15, 0.2) is 30.3 Å². The van der Waals surface area contributed by atoms with Crippen LogP contribution >= 0.6 is 0 Å². The van der Waals surface area contributed by atoms with Gasteiger partial charge in [-0.15, -0.1) is 0 Å². The smallest absolute Gasteiger partial charge is 0.119 e. The molecular weight excluding hydrogens is 287 g/mol. The molecule has 2 aliphatic rings. The van der Waals surface area contributed by atoms with Crippen LogP contribution in [0.4, 0.5) is 4.39 Å². The second-order valence-electron chi connectivity index (χ2n) is 7.26. The summed E-state index contributed by atoms with van der Waals surface area (Å²) >= 11 is 0. The van der Waals surface area contributed by atoms with Gasteiger partial charge < -0.3 is 0 Å². The van der Waals surface area contributed by atoms with Crippen molar-refractivity contribution in [3.63, 3.8) is 0 Å². The fraction of sp³-hybridized carbons (Fsp3) is 0.550. The fourth-order valence-electron chi connectivity index (χ4n) is 3.65. The molecule has 23 heavy (non-hydrogen) atoms. The SMILES string of the molecule is CC1(CC#N)CCN(Cc2ccc(C3=CCCC3)cc2)CC1F. The minimum absolute atomic E-state index is 0.311. The number of piperidine rings is 1. The number of benzene rings is 1. The van der Waals surface area contributed by atoms with Gasteiger partial charge in [0.1, 0.15) is 6.17 Å². The van der Waals surface area contributed by atoms with Crippen molar-refractivity contribution in [3.8, 4) is 6.07 Å². The molecule has 1 fully saturated rings. The van der Waals surface area contributed by atoms with Gasteiger partial charge in [-0.25, -0.2) is 4.39 Å². The normalized spacial score (nSPS) is 28.4. The summed E-state index contributed by atoms with van der Waals surface area (Å²) in [6, 6.07) is 10.9. The lowest BCUT2D eigenvalue weighted by molar-refractivity contribution is 0.0186. The second-order valence-corrected chi connectivity index (χ2v) is 7.26. The van der Waals surface area contributed by atoms with E-state index in [1.54, 1.807) is 0 Å². The van der Waals surface area contributed by atoms with Crippen molar-refractivity contribution in [1.82, 2.24) is 4.90 Å². The summed E-state index contributed by atoms with van der Waals surface area (Å²) in [4.78, 5) is 2.17. The van der Waals surface area contributed by atoms with Gasteiger partial charge in [0.15, 0.2) is 0 Å². The Bertz CT molecular complexity index is 614. The molecule has 0 aromatic heterocycles. The van der Waals surface area contributed by atoms with Crippen molar-refractivity contribution in [2.24, 2.45) is 5.41 Å². The zero-order valence-corrected chi connectivity index (χ0v) is 13.9. The van der Waals surface area contributed by atoms with Crippen molar-refractivity contribution in [2.75, 3.05) is 13.1 Å². The number of hydrogen-bond acceptors (Lipinski definition) is 2. The highest BCUT2D eigenvalue weighted by Gasteiger charge is 2.39. The fourth-order valence-corrected chi connectivity index (χ4v) is 3.65. The average Bonchev–Trinajstić information content (AvgIpc) is 3.07. The quantitative estimate of drug-likeness (QED) is 0.804. The molecule has 122 valence electrons. The van der Waals surface area contributed by atoms with E-state index >= 15 is 0 Å². The van der Waals surface area contributed by atoms with E-state index in [1.807, 2.05) is 6.92 Å². The van der Waals surface area contributed by atoms with E-state index in [0.717, 1.165) is 19.5 Å². The molecule has 0 radical (unpaired) electrons. The molecule has 0 amide bonds. The number of rotatable bonds is 4.